The summed E-state index contributed by atoms with van der Waals surface area (Å²) in [6.45, 7) is 0.808. The van der Waals surface area contributed by atoms with E-state index in [2.05, 4.69) is 20.5 Å². The topological polar surface area (TPSA) is 53.6 Å². The highest BCUT2D eigenvalue weighted by atomic mass is 19.4. The van der Waals surface area contributed by atoms with Gasteiger partial charge in [-0.3, -0.25) is 5.10 Å². The molecule has 108 valence electrons. The second-order valence-electron chi connectivity index (χ2n) is 5.08. The summed E-state index contributed by atoms with van der Waals surface area (Å²) in [6.07, 6.45) is 0.920. The normalized spacial score (nSPS) is 24.6. The van der Waals surface area contributed by atoms with Gasteiger partial charge in [-0.05, 0) is 38.6 Å². The van der Waals surface area contributed by atoms with Crippen LogP contribution < -0.4 is 5.32 Å². The minimum atomic E-state index is -4.02. The summed E-state index contributed by atoms with van der Waals surface area (Å²) in [4.78, 5) is 4.02. The minimum absolute atomic E-state index is 0.230. The third-order valence-electron chi connectivity index (χ3n) is 3.68. The van der Waals surface area contributed by atoms with Crippen molar-refractivity contribution in [2.24, 2.45) is 5.92 Å². The Bertz CT molecular complexity index is 356. The number of aryl methyl sites for hydroxylation is 1. The number of hydrogen-bond acceptors (Lipinski definition) is 3. The van der Waals surface area contributed by atoms with Crippen molar-refractivity contribution in [1.29, 1.82) is 0 Å². The minimum Gasteiger partial charge on any atom is -0.314 e. The van der Waals surface area contributed by atoms with E-state index in [1.54, 1.807) is 0 Å². The van der Waals surface area contributed by atoms with Gasteiger partial charge in [-0.25, -0.2) is 4.98 Å². The Hall–Kier alpha value is -1.11. The number of nitrogens with one attached hydrogen (secondary N) is 2. The SMILES string of the molecule is FC(F)(F)C1CCC(NCCCc2ncn[nH]2)CC1. The molecule has 0 radical (unpaired) electrons. The molecule has 1 aromatic rings. The highest BCUT2D eigenvalue weighted by Crippen LogP contribution is 2.37. The maximum atomic E-state index is 12.5. The molecule has 0 amide bonds. The maximum absolute atomic E-state index is 12.5. The van der Waals surface area contributed by atoms with Gasteiger partial charge in [0, 0.05) is 12.5 Å². The van der Waals surface area contributed by atoms with Crippen molar-refractivity contribution < 1.29 is 13.2 Å². The van der Waals surface area contributed by atoms with Crippen LogP contribution >= 0.6 is 0 Å². The predicted molar refractivity (Wildman–Crippen MR) is 64.5 cm³/mol. The van der Waals surface area contributed by atoms with Gasteiger partial charge < -0.3 is 5.32 Å². The Morgan fingerprint density at radius 3 is 2.58 bits per heavy atom. The Balaban J connectivity index is 1.58. The molecular formula is C12H19F3N4. The van der Waals surface area contributed by atoms with Crippen LogP contribution in [-0.2, 0) is 6.42 Å². The molecule has 0 atom stereocenters. The fraction of sp³-hybridized carbons (Fsp3) is 0.833. The third-order valence-corrected chi connectivity index (χ3v) is 3.68. The smallest absolute Gasteiger partial charge is 0.314 e. The largest absolute Gasteiger partial charge is 0.391 e. The molecule has 4 nitrogen and oxygen atoms in total. The van der Waals surface area contributed by atoms with E-state index in [1.165, 1.54) is 6.33 Å². The van der Waals surface area contributed by atoms with Gasteiger partial charge >= 0.3 is 6.18 Å². The second kappa shape index (κ2) is 6.36. The average Bonchev–Trinajstić information content (AvgIpc) is 2.87. The lowest BCUT2D eigenvalue weighted by atomic mass is 9.85. The molecule has 0 aliphatic heterocycles. The van der Waals surface area contributed by atoms with E-state index >= 15 is 0 Å². The van der Waals surface area contributed by atoms with Crippen molar-refractivity contribution in [1.82, 2.24) is 20.5 Å². The number of H-pyrrole nitrogens is 1. The van der Waals surface area contributed by atoms with E-state index in [-0.39, 0.29) is 18.9 Å². The first kappa shape index (κ1) is 14.3. The monoisotopic (exact) mass is 276 g/mol. The van der Waals surface area contributed by atoms with Gasteiger partial charge in [0.1, 0.15) is 12.2 Å². The molecular weight excluding hydrogens is 257 g/mol. The fourth-order valence-electron chi connectivity index (χ4n) is 2.54. The zero-order chi connectivity index (χ0) is 13.7. The van der Waals surface area contributed by atoms with Crippen LogP contribution in [-0.4, -0.2) is 33.9 Å². The summed E-state index contributed by atoms with van der Waals surface area (Å²) in [5, 5.41) is 9.87. The van der Waals surface area contributed by atoms with Crippen molar-refractivity contribution in [3.05, 3.63) is 12.2 Å². The third kappa shape index (κ3) is 4.49. The lowest BCUT2D eigenvalue weighted by Crippen LogP contribution is -2.37. The van der Waals surface area contributed by atoms with Gasteiger partial charge in [-0.15, -0.1) is 0 Å². The predicted octanol–water partition coefficient (Wildman–Crippen LogP) is 2.45. The van der Waals surface area contributed by atoms with E-state index in [4.69, 9.17) is 0 Å². The van der Waals surface area contributed by atoms with Crippen LogP contribution in [0.5, 0.6) is 0 Å². The molecule has 19 heavy (non-hydrogen) atoms. The van der Waals surface area contributed by atoms with Gasteiger partial charge in [0.25, 0.3) is 0 Å². The van der Waals surface area contributed by atoms with Crippen molar-refractivity contribution in [2.45, 2.75) is 50.7 Å². The van der Waals surface area contributed by atoms with E-state index in [9.17, 15) is 13.2 Å². The molecule has 1 aliphatic carbocycles. The molecule has 0 saturated heterocycles. The van der Waals surface area contributed by atoms with Gasteiger partial charge in [0.05, 0.1) is 5.92 Å². The van der Waals surface area contributed by atoms with Crippen LogP contribution in [0, 0.1) is 5.92 Å². The number of alkyl halides is 3. The van der Waals surface area contributed by atoms with Gasteiger partial charge in [-0.1, -0.05) is 0 Å². The lowest BCUT2D eigenvalue weighted by molar-refractivity contribution is -0.182. The van der Waals surface area contributed by atoms with E-state index in [0.29, 0.717) is 12.8 Å². The van der Waals surface area contributed by atoms with E-state index < -0.39 is 12.1 Å². The number of hydrogen-bond donors (Lipinski definition) is 2. The maximum Gasteiger partial charge on any atom is 0.391 e. The molecule has 0 spiro atoms. The molecule has 1 aromatic heterocycles. The summed E-state index contributed by atoms with van der Waals surface area (Å²) in [6, 6.07) is 0.230. The quantitative estimate of drug-likeness (QED) is 0.812. The standard InChI is InChI=1S/C12H19F3N4/c13-12(14,15)9-3-5-10(6-4-9)16-7-1-2-11-17-8-18-19-11/h8-10,16H,1-7H2,(H,17,18,19). The van der Waals surface area contributed by atoms with Crippen LogP contribution in [0.2, 0.25) is 0 Å². The summed E-state index contributed by atoms with van der Waals surface area (Å²) in [5.41, 5.74) is 0. The number of halogens is 3. The number of aromatic amines is 1. The Kier molecular flexibility index (Phi) is 4.79. The first-order valence-corrected chi connectivity index (χ1v) is 6.70. The highest BCUT2D eigenvalue weighted by molar-refractivity contribution is 4.82. The Morgan fingerprint density at radius 1 is 1.26 bits per heavy atom. The fourth-order valence-corrected chi connectivity index (χ4v) is 2.54. The van der Waals surface area contributed by atoms with Crippen molar-refractivity contribution >= 4 is 0 Å². The summed E-state index contributed by atoms with van der Waals surface area (Å²) < 4.78 is 37.5. The lowest BCUT2D eigenvalue weighted by Gasteiger charge is -2.30. The zero-order valence-corrected chi connectivity index (χ0v) is 10.7. The number of rotatable bonds is 5. The average molecular weight is 276 g/mol. The summed E-state index contributed by atoms with van der Waals surface area (Å²) in [5.74, 6) is -0.248. The van der Waals surface area contributed by atoms with Crippen LogP contribution in [0.15, 0.2) is 6.33 Å². The molecule has 0 aromatic carbocycles. The van der Waals surface area contributed by atoms with Gasteiger partial charge in [0.2, 0.25) is 0 Å². The second-order valence-corrected chi connectivity index (χ2v) is 5.08. The molecule has 2 rings (SSSR count). The molecule has 1 aliphatic rings. The molecule has 0 unspecified atom stereocenters. The molecule has 1 fully saturated rings. The van der Waals surface area contributed by atoms with Crippen LogP contribution in [0.25, 0.3) is 0 Å². The van der Waals surface area contributed by atoms with Crippen LogP contribution in [0.3, 0.4) is 0 Å². The molecule has 1 saturated carbocycles. The summed E-state index contributed by atoms with van der Waals surface area (Å²) >= 11 is 0. The highest BCUT2D eigenvalue weighted by Gasteiger charge is 2.41. The molecule has 7 heteroatoms. The Labute approximate surface area is 110 Å². The van der Waals surface area contributed by atoms with Crippen molar-refractivity contribution in [2.75, 3.05) is 6.54 Å². The van der Waals surface area contributed by atoms with Gasteiger partial charge in [-0.2, -0.15) is 18.3 Å². The Morgan fingerprint density at radius 2 is 2.00 bits per heavy atom. The van der Waals surface area contributed by atoms with Crippen LogP contribution in [0.4, 0.5) is 13.2 Å². The first-order chi connectivity index (χ1) is 9.05. The van der Waals surface area contributed by atoms with Crippen LogP contribution in [0.1, 0.15) is 37.9 Å². The van der Waals surface area contributed by atoms with E-state index in [1.807, 2.05) is 0 Å². The van der Waals surface area contributed by atoms with Gasteiger partial charge in [0.15, 0.2) is 0 Å². The van der Waals surface area contributed by atoms with E-state index in [0.717, 1.165) is 25.2 Å². The van der Waals surface area contributed by atoms with Crippen molar-refractivity contribution in [3.8, 4) is 0 Å². The molecule has 2 N–H and O–H groups in total. The number of nitrogens with zero attached hydrogens (tertiary/aromatic N) is 2. The molecule has 1 heterocycles. The number of aromatic nitrogens is 3. The zero-order valence-electron chi connectivity index (χ0n) is 10.7. The molecule has 0 bridgehead atoms. The first-order valence-electron chi connectivity index (χ1n) is 6.70. The summed E-state index contributed by atoms with van der Waals surface area (Å²) in [7, 11) is 0. The van der Waals surface area contributed by atoms with Crippen molar-refractivity contribution in [3.63, 3.8) is 0 Å².